The largest absolute Gasteiger partial charge is 0.494 e. The first-order valence-electron chi connectivity index (χ1n) is 9.03. The first-order valence-corrected chi connectivity index (χ1v) is 10.1. The molecule has 1 aliphatic heterocycles. The van der Waals surface area contributed by atoms with Crippen molar-refractivity contribution in [1.82, 2.24) is 9.78 Å². The van der Waals surface area contributed by atoms with Gasteiger partial charge in [-0.05, 0) is 38.0 Å². The molecule has 2 heterocycles. The second-order valence-electron chi connectivity index (χ2n) is 6.45. The van der Waals surface area contributed by atoms with Crippen LogP contribution in [-0.2, 0) is 4.79 Å². The first-order chi connectivity index (χ1) is 12.5. The molecule has 0 fully saturated rings. The molecule has 6 nitrogen and oxygen atoms in total. The van der Waals surface area contributed by atoms with Gasteiger partial charge in [0.1, 0.15) is 11.6 Å². The molecule has 0 bridgehead atoms. The molecule has 0 saturated carbocycles. The summed E-state index contributed by atoms with van der Waals surface area (Å²) in [6.07, 6.45) is 1.93. The van der Waals surface area contributed by atoms with Crippen molar-refractivity contribution in [2.24, 2.45) is 0 Å². The molecule has 0 spiro atoms. The summed E-state index contributed by atoms with van der Waals surface area (Å²) < 4.78 is 7.31. The maximum absolute atomic E-state index is 12.7. The minimum atomic E-state index is -0.196. The average Bonchev–Trinajstić information content (AvgIpc) is 2.83. The molecule has 140 valence electrons. The highest BCUT2D eigenvalue weighted by atomic mass is 32.2. The third-order valence-corrected chi connectivity index (χ3v) is 5.77. The van der Waals surface area contributed by atoms with Crippen LogP contribution in [0.4, 0.5) is 5.82 Å². The molecule has 1 aromatic carbocycles. The Morgan fingerprint density at radius 2 is 2.00 bits per heavy atom. The van der Waals surface area contributed by atoms with E-state index in [1.54, 1.807) is 0 Å². The Balaban J connectivity index is 2.04. The molecular formula is C19H25N3O3S. The number of aromatic nitrogens is 2. The molecular weight excluding hydrogens is 350 g/mol. The van der Waals surface area contributed by atoms with Crippen molar-refractivity contribution in [3.8, 4) is 5.75 Å². The van der Waals surface area contributed by atoms with Gasteiger partial charge in [0.15, 0.2) is 0 Å². The summed E-state index contributed by atoms with van der Waals surface area (Å²) in [5, 5.41) is 5.66. The molecule has 0 radical (unpaired) electrons. The van der Waals surface area contributed by atoms with E-state index in [1.807, 2.05) is 35.9 Å². The number of H-pyrrole nitrogens is 1. The number of anilines is 1. The van der Waals surface area contributed by atoms with Crippen LogP contribution in [-0.4, -0.2) is 28.0 Å². The van der Waals surface area contributed by atoms with E-state index in [-0.39, 0.29) is 22.8 Å². The Labute approximate surface area is 157 Å². The Morgan fingerprint density at radius 3 is 2.65 bits per heavy atom. The van der Waals surface area contributed by atoms with Crippen LogP contribution in [0, 0.1) is 0 Å². The molecule has 1 aromatic heterocycles. The average molecular weight is 375 g/mol. The Bertz CT molecular complexity index is 826. The third kappa shape index (κ3) is 3.67. The third-order valence-electron chi connectivity index (χ3n) is 4.50. The first kappa shape index (κ1) is 18.6. The van der Waals surface area contributed by atoms with Crippen molar-refractivity contribution in [3.05, 3.63) is 45.7 Å². The van der Waals surface area contributed by atoms with Gasteiger partial charge in [0.25, 0.3) is 5.56 Å². The maximum atomic E-state index is 12.7. The van der Waals surface area contributed by atoms with Crippen LogP contribution in [0.1, 0.15) is 56.0 Å². The van der Waals surface area contributed by atoms with E-state index >= 15 is 0 Å². The molecule has 2 atom stereocenters. The molecule has 0 saturated heterocycles. The van der Waals surface area contributed by atoms with Crippen molar-refractivity contribution in [2.45, 2.75) is 44.9 Å². The van der Waals surface area contributed by atoms with Gasteiger partial charge in [-0.25, -0.2) is 0 Å². The number of carbonyl (C=O) groups excluding carboxylic acids is 1. The van der Waals surface area contributed by atoms with Crippen LogP contribution in [0.3, 0.4) is 0 Å². The number of hydrogen-bond donors (Lipinski definition) is 2. The number of fused-ring (bicyclic) bond motifs is 1. The van der Waals surface area contributed by atoms with Crippen LogP contribution >= 0.6 is 11.8 Å². The second kappa shape index (κ2) is 8.03. The van der Waals surface area contributed by atoms with Gasteiger partial charge >= 0.3 is 0 Å². The lowest BCUT2D eigenvalue weighted by atomic mass is 10.1. The van der Waals surface area contributed by atoms with Crippen LogP contribution in [0.2, 0.25) is 0 Å². The molecule has 1 amide bonds. The molecule has 2 aromatic rings. The standard InChI is InChI=1S/C19H25N3O3S/c1-4-6-12(3)22-18-16(19(24)21-22)17(26-11-15(23)20-18)13-7-9-14(10-8-13)25-5-2/h7-10,12,17H,4-6,11H2,1-3H3,(H,20,23)(H,21,24)/t12-,17+/m0/s1. The zero-order valence-corrected chi connectivity index (χ0v) is 16.2. The molecule has 7 heteroatoms. The van der Waals surface area contributed by atoms with Gasteiger partial charge in [-0.1, -0.05) is 25.5 Å². The monoisotopic (exact) mass is 375 g/mol. The van der Waals surface area contributed by atoms with Gasteiger partial charge in [0, 0.05) is 6.04 Å². The summed E-state index contributed by atoms with van der Waals surface area (Å²) in [7, 11) is 0. The van der Waals surface area contributed by atoms with Crippen LogP contribution in [0.5, 0.6) is 5.75 Å². The molecule has 26 heavy (non-hydrogen) atoms. The van der Waals surface area contributed by atoms with E-state index in [0.29, 0.717) is 23.7 Å². The minimum Gasteiger partial charge on any atom is -0.494 e. The number of amides is 1. The van der Waals surface area contributed by atoms with E-state index < -0.39 is 0 Å². The fourth-order valence-electron chi connectivity index (χ4n) is 3.29. The highest BCUT2D eigenvalue weighted by molar-refractivity contribution is 8.00. The summed E-state index contributed by atoms with van der Waals surface area (Å²) in [4.78, 5) is 25.0. The van der Waals surface area contributed by atoms with E-state index in [9.17, 15) is 9.59 Å². The Morgan fingerprint density at radius 1 is 1.27 bits per heavy atom. The number of aromatic amines is 1. The number of rotatable bonds is 6. The highest BCUT2D eigenvalue weighted by Crippen LogP contribution is 2.40. The molecule has 3 rings (SSSR count). The lowest BCUT2D eigenvalue weighted by Crippen LogP contribution is -2.18. The minimum absolute atomic E-state index is 0.0823. The van der Waals surface area contributed by atoms with Gasteiger partial charge < -0.3 is 10.1 Å². The normalized spacial score (nSPS) is 18.0. The lowest BCUT2D eigenvalue weighted by molar-refractivity contribution is -0.113. The molecule has 0 unspecified atom stereocenters. The predicted molar refractivity (Wildman–Crippen MR) is 105 cm³/mol. The van der Waals surface area contributed by atoms with Crippen molar-refractivity contribution in [1.29, 1.82) is 0 Å². The zero-order chi connectivity index (χ0) is 18.7. The van der Waals surface area contributed by atoms with E-state index in [0.717, 1.165) is 24.2 Å². The Hall–Kier alpha value is -2.15. The molecule has 1 aliphatic rings. The van der Waals surface area contributed by atoms with Crippen LogP contribution in [0.15, 0.2) is 29.1 Å². The number of nitrogens with zero attached hydrogens (tertiary/aromatic N) is 1. The number of carbonyl (C=O) groups is 1. The molecule has 0 aliphatic carbocycles. The molecule has 2 N–H and O–H groups in total. The Kier molecular flexibility index (Phi) is 5.76. The number of hydrogen-bond acceptors (Lipinski definition) is 4. The van der Waals surface area contributed by atoms with Crippen LogP contribution < -0.4 is 15.6 Å². The van der Waals surface area contributed by atoms with E-state index in [2.05, 4.69) is 24.3 Å². The van der Waals surface area contributed by atoms with Gasteiger partial charge in [0.05, 0.1) is 23.2 Å². The zero-order valence-electron chi connectivity index (χ0n) is 15.4. The number of thioether (sulfide) groups is 1. The fraction of sp³-hybridized carbons (Fsp3) is 0.474. The van der Waals surface area contributed by atoms with Crippen molar-refractivity contribution < 1.29 is 9.53 Å². The van der Waals surface area contributed by atoms with Gasteiger partial charge in [0.2, 0.25) is 5.91 Å². The highest BCUT2D eigenvalue weighted by Gasteiger charge is 2.31. The van der Waals surface area contributed by atoms with Gasteiger partial charge in [-0.15, -0.1) is 11.8 Å². The van der Waals surface area contributed by atoms with Crippen LogP contribution in [0.25, 0.3) is 0 Å². The summed E-state index contributed by atoms with van der Waals surface area (Å²) in [5.41, 5.74) is 1.46. The number of benzene rings is 1. The maximum Gasteiger partial charge on any atom is 0.270 e. The smallest absolute Gasteiger partial charge is 0.270 e. The quantitative estimate of drug-likeness (QED) is 0.807. The van der Waals surface area contributed by atoms with E-state index in [1.165, 1.54) is 11.8 Å². The summed E-state index contributed by atoms with van der Waals surface area (Å²) >= 11 is 1.47. The van der Waals surface area contributed by atoms with Crippen molar-refractivity contribution in [2.75, 3.05) is 17.7 Å². The summed E-state index contributed by atoms with van der Waals surface area (Å²) in [5.74, 6) is 1.63. The lowest BCUT2D eigenvalue weighted by Gasteiger charge is -2.17. The second-order valence-corrected chi connectivity index (χ2v) is 7.55. The summed E-state index contributed by atoms with van der Waals surface area (Å²) in [6, 6.07) is 7.86. The summed E-state index contributed by atoms with van der Waals surface area (Å²) in [6.45, 7) is 6.71. The number of ether oxygens (including phenoxy) is 1. The van der Waals surface area contributed by atoms with Crippen molar-refractivity contribution >= 4 is 23.5 Å². The fourth-order valence-corrected chi connectivity index (χ4v) is 4.42. The number of nitrogens with one attached hydrogen (secondary N) is 2. The van der Waals surface area contributed by atoms with Gasteiger partial charge in [-0.2, -0.15) is 0 Å². The van der Waals surface area contributed by atoms with Gasteiger partial charge in [-0.3, -0.25) is 19.4 Å². The van der Waals surface area contributed by atoms with Crippen molar-refractivity contribution in [3.63, 3.8) is 0 Å². The SMILES string of the molecule is CCC[C@H](C)n1[nH]c(=O)c2c1NC(=O)CS[C@@H]2c1ccc(OCC)cc1. The van der Waals surface area contributed by atoms with E-state index in [4.69, 9.17) is 4.74 Å². The predicted octanol–water partition coefficient (Wildman–Crippen LogP) is 3.71. The topological polar surface area (TPSA) is 76.1 Å².